The van der Waals surface area contributed by atoms with Crippen LogP contribution < -0.4 is 0 Å². The lowest BCUT2D eigenvalue weighted by molar-refractivity contribution is 0.112. The van der Waals surface area contributed by atoms with Crippen LogP contribution >= 0.6 is 11.8 Å². The summed E-state index contributed by atoms with van der Waals surface area (Å²) in [5.41, 5.74) is 0.612. The number of hydrogen-bond acceptors (Lipinski definition) is 2. The second-order valence-electron chi connectivity index (χ2n) is 3.15. The molecular formula is C10H11FOS. The van der Waals surface area contributed by atoms with Crippen molar-refractivity contribution >= 4 is 18.0 Å². The van der Waals surface area contributed by atoms with E-state index in [-0.39, 0.29) is 0 Å². The third-order valence-electron chi connectivity index (χ3n) is 1.38. The van der Waals surface area contributed by atoms with E-state index in [1.807, 2.05) is 0 Å². The standard InChI is InChI=1S/C10H11FOS/c1-10(2,11)13-9-5-3-8(7-12)4-6-9/h3-7H,1-2H3. The van der Waals surface area contributed by atoms with Crippen molar-refractivity contribution in [2.75, 3.05) is 0 Å². The molecule has 0 amide bonds. The molecule has 0 aromatic heterocycles. The van der Waals surface area contributed by atoms with Gasteiger partial charge in [-0.25, -0.2) is 4.39 Å². The molecule has 1 rings (SSSR count). The highest BCUT2D eigenvalue weighted by Gasteiger charge is 2.16. The van der Waals surface area contributed by atoms with E-state index < -0.39 is 5.00 Å². The van der Waals surface area contributed by atoms with Crippen molar-refractivity contribution in [2.45, 2.75) is 23.7 Å². The molecule has 0 aliphatic rings. The molecule has 0 radical (unpaired) electrons. The van der Waals surface area contributed by atoms with E-state index in [2.05, 4.69) is 0 Å². The molecule has 1 nitrogen and oxygen atoms in total. The van der Waals surface area contributed by atoms with Gasteiger partial charge in [0.1, 0.15) is 6.29 Å². The maximum absolute atomic E-state index is 13.2. The van der Waals surface area contributed by atoms with Crippen molar-refractivity contribution in [1.82, 2.24) is 0 Å². The molecule has 0 spiro atoms. The Morgan fingerprint density at radius 1 is 1.31 bits per heavy atom. The molecule has 0 fully saturated rings. The second kappa shape index (κ2) is 3.92. The number of alkyl halides is 1. The molecule has 0 saturated carbocycles. The maximum atomic E-state index is 13.2. The van der Waals surface area contributed by atoms with E-state index in [9.17, 15) is 9.18 Å². The van der Waals surface area contributed by atoms with Crippen molar-refractivity contribution in [2.24, 2.45) is 0 Å². The summed E-state index contributed by atoms with van der Waals surface area (Å²) in [5.74, 6) is 0. The van der Waals surface area contributed by atoms with Gasteiger partial charge in [-0.2, -0.15) is 0 Å². The molecule has 0 atom stereocenters. The van der Waals surface area contributed by atoms with Crippen LogP contribution in [0, 0.1) is 0 Å². The average molecular weight is 198 g/mol. The Kier molecular flexibility index (Phi) is 3.09. The van der Waals surface area contributed by atoms with E-state index >= 15 is 0 Å². The number of halogens is 1. The molecular weight excluding hydrogens is 187 g/mol. The SMILES string of the molecule is CC(C)(F)Sc1ccc(C=O)cc1. The van der Waals surface area contributed by atoms with Gasteiger partial charge >= 0.3 is 0 Å². The Morgan fingerprint density at radius 3 is 2.23 bits per heavy atom. The minimum atomic E-state index is -1.28. The zero-order valence-electron chi connectivity index (χ0n) is 7.58. The summed E-state index contributed by atoms with van der Waals surface area (Å²) >= 11 is 1.14. The van der Waals surface area contributed by atoms with E-state index in [1.54, 1.807) is 24.3 Å². The minimum Gasteiger partial charge on any atom is -0.298 e. The summed E-state index contributed by atoms with van der Waals surface area (Å²) in [6.45, 7) is 3.01. The maximum Gasteiger partial charge on any atom is 0.155 e. The fourth-order valence-corrected chi connectivity index (χ4v) is 1.73. The van der Waals surface area contributed by atoms with Gasteiger partial charge < -0.3 is 0 Å². The smallest absolute Gasteiger partial charge is 0.155 e. The molecule has 1 aromatic carbocycles. The predicted octanol–water partition coefficient (Wildman–Crippen LogP) is 3.30. The highest BCUT2D eigenvalue weighted by Crippen LogP contribution is 2.33. The lowest BCUT2D eigenvalue weighted by atomic mass is 10.2. The number of hydrogen-bond donors (Lipinski definition) is 0. The monoisotopic (exact) mass is 198 g/mol. The first kappa shape index (κ1) is 10.3. The zero-order valence-corrected chi connectivity index (χ0v) is 8.40. The summed E-state index contributed by atoms with van der Waals surface area (Å²) in [6.07, 6.45) is 0.773. The number of benzene rings is 1. The van der Waals surface area contributed by atoms with Crippen LogP contribution in [0.1, 0.15) is 24.2 Å². The third-order valence-corrected chi connectivity index (χ3v) is 2.37. The van der Waals surface area contributed by atoms with Gasteiger partial charge in [0.25, 0.3) is 0 Å². The molecule has 0 unspecified atom stereocenters. The average Bonchev–Trinajstić information content (AvgIpc) is 2.03. The van der Waals surface area contributed by atoms with Crippen LogP contribution in [0.2, 0.25) is 0 Å². The molecule has 0 aliphatic carbocycles. The van der Waals surface area contributed by atoms with Gasteiger partial charge in [-0.3, -0.25) is 4.79 Å². The summed E-state index contributed by atoms with van der Waals surface area (Å²) in [4.78, 5) is 11.2. The molecule has 0 N–H and O–H groups in total. The van der Waals surface area contributed by atoms with E-state index in [0.717, 1.165) is 22.9 Å². The fourth-order valence-electron chi connectivity index (χ4n) is 0.895. The van der Waals surface area contributed by atoms with Gasteiger partial charge in [0.2, 0.25) is 0 Å². The lowest BCUT2D eigenvalue weighted by Gasteiger charge is -2.12. The van der Waals surface area contributed by atoms with E-state index in [4.69, 9.17) is 0 Å². The Morgan fingerprint density at radius 2 is 1.85 bits per heavy atom. The highest BCUT2D eigenvalue weighted by atomic mass is 32.2. The molecule has 13 heavy (non-hydrogen) atoms. The van der Waals surface area contributed by atoms with Gasteiger partial charge in [0.15, 0.2) is 5.00 Å². The number of carbonyl (C=O) groups excluding carboxylic acids is 1. The number of rotatable bonds is 3. The first-order valence-electron chi connectivity index (χ1n) is 3.94. The number of aldehydes is 1. The van der Waals surface area contributed by atoms with Crippen LogP contribution in [0.15, 0.2) is 29.2 Å². The third kappa shape index (κ3) is 3.59. The summed E-state index contributed by atoms with van der Waals surface area (Å²) < 4.78 is 13.2. The lowest BCUT2D eigenvalue weighted by Crippen LogP contribution is -2.03. The normalized spacial score (nSPS) is 11.3. The topological polar surface area (TPSA) is 17.1 Å². The molecule has 0 heterocycles. The molecule has 0 aliphatic heterocycles. The Bertz CT molecular complexity index is 287. The van der Waals surface area contributed by atoms with Gasteiger partial charge in [0, 0.05) is 10.5 Å². The van der Waals surface area contributed by atoms with Crippen LogP contribution in [-0.2, 0) is 0 Å². The Labute approximate surface area is 81.3 Å². The molecule has 3 heteroatoms. The van der Waals surface area contributed by atoms with Crippen molar-refractivity contribution in [3.63, 3.8) is 0 Å². The van der Waals surface area contributed by atoms with Gasteiger partial charge in [-0.1, -0.05) is 23.9 Å². The molecule has 0 saturated heterocycles. The van der Waals surface area contributed by atoms with Gasteiger partial charge in [0.05, 0.1) is 0 Å². The highest BCUT2D eigenvalue weighted by molar-refractivity contribution is 8.00. The second-order valence-corrected chi connectivity index (χ2v) is 4.80. The number of thioether (sulfide) groups is 1. The first-order chi connectivity index (χ1) is 6.01. The minimum absolute atomic E-state index is 0.612. The van der Waals surface area contributed by atoms with Crippen LogP contribution in [0.4, 0.5) is 4.39 Å². The van der Waals surface area contributed by atoms with Gasteiger partial charge in [-0.05, 0) is 26.0 Å². The van der Waals surface area contributed by atoms with Crippen LogP contribution in [0.5, 0.6) is 0 Å². The van der Waals surface area contributed by atoms with E-state index in [1.165, 1.54) is 13.8 Å². The first-order valence-corrected chi connectivity index (χ1v) is 4.76. The van der Waals surface area contributed by atoms with Crippen molar-refractivity contribution in [3.8, 4) is 0 Å². The summed E-state index contributed by atoms with van der Waals surface area (Å²) in [6, 6.07) is 6.85. The Balaban J connectivity index is 2.75. The van der Waals surface area contributed by atoms with Crippen LogP contribution in [-0.4, -0.2) is 11.3 Å². The van der Waals surface area contributed by atoms with Gasteiger partial charge in [-0.15, -0.1) is 0 Å². The number of carbonyl (C=O) groups is 1. The molecule has 0 bridgehead atoms. The largest absolute Gasteiger partial charge is 0.298 e. The van der Waals surface area contributed by atoms with Crippen LogP contribution in [0.3, 0.4) is 0 Å². The van der Waals surface area contributed by atoms with E-state index in [0.29, 0.717) is 5.56 Å². The van der Waals surface area contributed by atoms with Crippen molar-refractivity contribution in [3.05, 3.63) is 29.8 Å². The summed E-state index contributed by atoms with van der Waals surface area (Å²) in [5, 5.41) is -1.28. The summed E-state index contributed by atoms with van der Waals surface area (Å²) in [7, 11) is 0. The fraction of sp³-hybridized carbons (Fsp3) is 0.300. The quantitative estimate of drug-likeness (QED) is 0.547. The van der Waals surface area contributed by atoms with Crippen molar-refractivity contribution < 1.29 is 9.18 Å². The Hall–Kier alpha value is -0.830. The van der Waals surface area contributed by atoms with Crippen LogP contribution in [0.25, 0.3) is 0 Å². The molecule has 1 aromatic rings. The zero-order chi connectivity index (χ0) is 9.90. The molecule has 70 valence electrons. The predicted molar refractivity (Wildman–Crippen MR) is 52.9 cm³/mol. The van der Waals surface area contributed by atoms with Crippen molar-refractivity contribution in [1.29, 1.82) is 0 Å².